The number of rotatable bonds is 5. The molecule has 0 aromatic heterocycles. The molecule has 0 radical (unpaired) electrons. The van der Waals surface area contributed by atoms with Gasteiger partial charge >= 0.3 is 11.2 Å². The van der Waals surface area contributed by atoms with Crippen molar-refractivity contribution in [3.63, 3.8) is 0 Å². The number of halogens is 2. The highest BCUT2D eigenvalue weighted by atomic mass is 32.2. The molecule has 0 fully saturated rings. The zero-order valence-electron chi connectivity index (χ0n) is 5.91. The molecule has 0 amide bonds. The molecule has 0 aromatic carbocycles. The number of aliphatic hydroxyl groups is 2. The van der Waals surface area contributed by atoms with Gasteiger partial charge in [0.25, 0.3) is 0 Å². The van der Waals surface area contributed by atoms with Gasteiger partial charge in [-0.3, -0.25) is 0 Å². The Kier molecular flexibility index (Phi) is 4.43. The lowest BCUT2D eigenvalue weighted by Crippen LogP contribution is -2.27. The molecule has 0 aliphatic heterocycles. The number of aliphatic hydroxyl groups excluding tert-OH is 2. The normalized spacial score (nSPS) is 14.3. The van der Waals surface area contributed by atoms with Crippen molar-refractivity contribution in [1.82, 2.24) is 0 Å². The molecule has 3 N–H and O–H groups in total. The van der Waals surface area contributed by atoms with E-state index in [4.69, 9.17) is 15.3 Å². The monoisotopic (exact) mass is 202 g/mol. The van der Waals surface area contributed by atoms with Crippen molar-refractivity contribution in [2.75, 3.05) is 12.4 Å². The standard InChI is InChI=1S/C5H8F2O4S/c6-5(7,4(10)11)12-2-3(9)1-8/h3,8-9H,1-2H2,(H,10,11). The summed E-state index contributed by atoms with van der Waals surface area (Å²) in [4.78, 5) is 9.81. The Bertz CT molecular complexity index is 164. The molecule has 0 aliphatic carbocycles. The molecule has 7 heteroatoms. The SMILES string of the molecule is O=C(O)C(F)(F)SCC(O)CO. The van der Waals surface area contributed by atoms with Crippen molar-refractivity contribution in [2.45, 2.75) is 11.4 Å². The van der Waals surface area contributed by atoms with Gasteiger partial charge in [-0.2, -0.15) is 8.78 Å². The first kappa shape index (κ1) is 11.6. The maximum absolute atomic E-state index is 12.2. The molecule has 0 heterocycles. The molecule has 12 heavy (non-hydrogen) atoms. The van der Waals surface area contributed by atoms with Crippen LogP contribution in [0.25, 0.3) is 0 Å². The number of thioether (sulfide) groups is 1. The molecule has 0 rings (SSSR count). The first-order chi connectivity index (χ1) is 5.40. The number of carboxylic acid groups (broad SMARTS) is 1. The second-order valence-electron chi connectivity index (χ2n) is 1.97. The summed E-state index contributed by atoms with van der Waals surface area (Å²) < 4.78 is 24.4. The lowest BCUT2D eigenvalue weighted by Gasteiger charge is -2.11. The van der Waals surface area contributed by atoms with Gasteiger partial charge in [0.1, 0.15) is 0 Å². The molecule has 72 valence electrons. The van der Waals surface area contributed by atoms with Crippen molar-refractivity contribution < 1.29 is 28.9 Å². The molecule has 0 saturated carbocycles. The summed E-state index contributed by atoms with van der Waals surface area (Å²) >= 11 is -0.223. The maximum Gasteiger partial charge on any atom is 0.388 e. The van der Waals surface area contributed by atoms with Crippen molar-refractivity contribution in [1.29, 1.82) is 0 Å². The Hall–Kier alpha value is -0.400. The van der Waals surface area contributed by atoms with Crippen LogP contribution in [-0.4, -0.2) is 45.0 Å². The van der Waals surface area contributed by atoms with E-state index in [0.29, 0.717) is 0 Å². The summed E-state index contributed by atoms with van der Waals surface area (Å²) in [5.74, 6) is -2.77. The Morgan fingerprint density at radius 2 is 2.08 bits per heavy atom. The van der Waals surface area contributed by atoms with E-state index in [9.17, 15) is 13.6 Å². The summed E-state index contributed by atoms with van der Waals surface area (Å²) in [6.45, 7) is -0.664. The minimum absolute atomic E-state index is 0.223. The lowest BCUT2D eigenvalue weighted by molar-refractivity contribution is -0.152. The second-order valence-corrected chi connectivity index (χ2v) is 3.10. The van der Waals surface area contributed by atoms with Crippen molar-refractivity contribution >= 4 is 17.7 Å². The number of carboxylic acids is 1. The first-order valence-corrected chi connectivity index (χ1v) is 3.93. The predicted molar refractivity (Wildman–Crippen MR) is 38.1 cm³/mol. The van der Waals surface area contributed by atoms with E-state index >= 15 is 0 Å². The lowest BCUT2D eigenvalue weighted by atomic mass is 10.4. The third kappa shape index (κ3) is 3.84. The van der Waals surface area contributed by atoms with Gasteiger partial charge in [0.15, 0.2) is 0 Å². The van der Waals surface area contributed by atoms with Crippen LogP contribution in [0, 0.1) is 0 Å². The number of carbonyl (C=O) groups is 1. The van der Waals surface area contributed by atoms with Gasteiger partial charge in [0.05, 0.1) is 12.7 Å². The third-order valence-corrected chi connectivity index (χ3v) is 2.01. The molecule has 4 nitrogen and oxygen atoms in total. The molecule has 0 spiro atoms. The highest BCUT2D eigenvalue weighted by molar-refractivity contribution is 8.01. The number of hydrogen-bond donors (Lipinski definition) is 3. The van der Waals surface area contributed by atoms with Crippen LogP contribution in [0.2, 0.25) is 0 Å². The quantitative estimate of drug-likeness (QED) is 0.573. The molecule has 0 aliphatic rings. The molecule has 0 saturated heterocycles. The smallest absolute Gasteiger partial charge is 0.388 e. The van der Waals surface area contributed by atoms with Crippen LogP contribution < -0.4 is 0 Å². The third-order valence-electron chi connectivity index (χ3n) is 0.917. The summed E-state index contributed by atoms with van der Waals surface area (Å²) in [5, 5.41) is 20.8. The van der Waals surface area contributed by atoms with Crippen molar-refractivity contribution in [2.24, 2.45) is 0 Å². The zero-order valence-corrected chi connectivity index (χ0v) is 6.72. The summed E-state index contributed by atoms with van der Waals surface area (Å²) in [6.07, 6.45) is -1.32. The van der Waals surface area contributed by atoms with Gasteiger partial charge in [-0.15, -0.1) is 0 Å². The van der Waals surface area contributed by atoms with E-state index < -0.39 is 29.7 Å². The molecular weight excluding hydrogens is 194 g/mol. The van der Waals surface area contributed by atoms with Gasteiger partial charge in [0, 0.05) is 5.75 Å². The van der Waals surface area contributed by atoms with Crippen LogP contribution in [0.4, 0.5) is 8.78 Å². The highest BCUT2D eigenvalue weighted by Gasteiger charge is 2.39. The number of alkyl halides is 2. The number of aliphatic carboxylic acids is 1. The first-order valence-electron chi connectivity index (χ1n) is 2.94. The van der Waals surface area contributed by atoms with Gasteiger partial charge in [-0.05, 0) is 0 Å². The van der Waals surface area contributed by atoms with Crippen LogP contribution in [0.5, 0.6) is 0 Å². The fourth-order valence-electron chi connectivity index (χ4n) is 0.315. The van der Waals surface area contributed by atoms with E-state index in [2.05, 4.69) is 0 Å². The highest BCUT2D eigenvalue weighted by Crippen LogP contribution is 2.29. The largest absolute Gasteiger partial charge is 0.476 e. The van der Waals surface area contributed by atoms with E-state index in [1.54, 1.807) is 0 Å². The summed E-state index contributed by atoms with van der Waals surface area (Å²) in [7, 11) is 0. The fourth-order valence-corrected chi connectivity index (χ4v) is 0.946. The molecule has 0 bridgehead atoms. The molecule has 0 aromatic rings. The molecule has 1 atom stereocenters. The van der Waals surface area contributed by atoms with Crippen LogP contribution in [0.15, 0.2) is 0 Å². The number of hydrogen-bond acceptors (Lipinski definition) is 4. The molecule has 1 unspecified atom stereocenters. The van der Waals surface area contributed by atoms with Gasteiger partial charge in [-0.25, -0.2) is 4.79 Å². The zero-order chi connectivity index (χ0) is 9.78. The van der Waals surface area contributed by atoms with Crippen LogP contribution in [-0.2, 0) is 4.79 Å². The average molecular weight is 202 g/mol. The van der Waals surface area contributed by atoms with Crippen molar-refractivity contribution in [3.05, 3.63) is 0 Å². The predicted octanol–water partition coefficient (Wildman–Crippen LogP) is -0.250. The molecular formula is C5H8F2O4S. The van der Waals surface area contributed by atoms with Gasteiger partial charge < -0.3 is 15.3 Å². The van der Waals surface area contributed by atoms with Gasteiger partial charge in [0.2, 0.25) is 0 Å². The Labute approximate surface area is 71.2 Å². The minimum atomic E-state index is -3.91. The summed E-state index contributed by atoms with van der Waals surface area (Å²) in [6, 6.07) is 0. The van der Waals surface area contributed by atoms with E-state index in [-0.39, 0.29) is 11.8 Å². The second kappa shape index (κ2) is 4.58. The maximum atomic E-state index is 12.2. The average Bonchev–Trinajstić information content (AvgIpc) is 2.00. The Morgan fingerprint density at radius 3 is 2.42 bits per heavy atom. The Morgan fingerprint density at radius 1 is 1.58 bits per heavy atom. The fraction of sp³-hybridized carbons (Fsp3) is 0.800. The van der Waals surface area contributed by atoms with E-state index in [1.807, 2.05) is 0 Å². The van der Waals surface area contributed by atoms with Crippen LogP contribution in [0.3, 0.4) is 0 Å². The van der Waals surface area contributed by atoms with Gasteiger partial charge in [-0.1, -0.05) is 11.8 Å². The van der Waals surface area contributed by atoms with Crippen LogP contribution >= 0.6 is 11.8 Å². The van der Waals surface area contributed by atoms with Crippen LogP contribution in [0.1, 0.15) is 0 Å². The van der Waals surface area contributed by atoms with Crippen molar-refractivity contribution in [3.8, 4) is 0 Å². The minimum Gasteiger partial charge on any atom is -0.476 e. The van der Waals surface area contributed by atoms with E-state index in [1.165, 1.54) is 0 Å². The topological polar surface area (TPSA) is 77.8 Å². The summed E-state index contributed by atoms with van der Waals surface area (Å²) in [5.41, 5.74) is 0. The Balaban J connectivity index is 3.83. The van der Waals surface area contributed by atoms with E-state index in [0.717, 1.165) is 0 Å².